The van der Waals surface area contributed by atoms with E-state index in [0.717, 1.165) is 11.7 Å². The molecular formula is C7H12N4OS. The minimum atomic E-state index is -0.276. The van der Waals surface area contributed by atoms with E-state index in [1.54, 1.807) is 18.1 Å². The van der Waals surface area contributed by atoms with Crippen LogP contribution in [0.3, 0.4) is 0 Å². The summed E-state index contributed by atoms with van der Waals surface area (Å²) in [6.07, 6.45) is 1.39. The average Bonchev–Trinajstić information content (AvgIpc) is 2.65. The maximum absolute atomic E-state index is 9.54. The molecule has 0 saturated carbocycles. The summed E-state index contributed by atoms with van der Waals surface area (Å²) in [5.41, 5.74) is 0. The van der Waals surface area contributed by atoms with Crippen LogP contribution in [0.25, 0.3) is 0 Å². The molecule has 1 aliphatic heterocycles. The summed E-state index contributed by atoms with van der Waals surface area (Å²) in [5, 5.41) is 21.4. The molecule has 6 heteroatoms. The summed E-state index contributed by atoms with van der Waals surface area (Å²) in [6, 6.07) is 0. The third kappa shape index (κ3) is 1.84. The number of aliphatic hydroxyl groups is 1. The van der Waals surface area contributed by atoms with Gasteiger partial charge in [-0.15, -0.1) is 10.2 Å². The summed E-state index contributed by atoms with van der Waals surface area (Å²) in [5.74, 6) is 0. The highest BCUT2D eigenvalue weighted by atomic mass is 32.2. The predicted octanol–water partition coefficient (Wildman–Crippen LogP) is -0.760. The van der Waals surface area contributed by atoms with Crippen LogP contribution in [0.15, 0.2) is 11.5 Å². The van der Waals surface area contributed by atoms with E-state index in [4.69, 9.17) is 0 Å². The van der Waals surface area contributed by atoms with Gasteiger partial charge >= 0.3 is 0 Å². The molecule has 0 bridgehead atoms. The maximum atomic E-state index is 9.54. The van der Waals surface area contributed by atoms with Crippen molar-refractivity contribution in [2.45, 2.75) is 16.5 Å². The number of β-amino-alcohol motifs (C(OH)–C–C–N with tert-alkyl or cyclic N) is 1. The predicted molar refractivity (Wildman–Crippen MR) is 49.5 cm³/mol. The number of rotatable bonds is 2. The van der Waals surface area contributed by atoms with E-state index in [-0.39, 0.29) is 11.4 Å². The zero-order chi connectivity index (χ0) is 9.26. The Labute approximate surface area is 80.5 Å². The number of hydrogen-bond donors (Lipinski definition) is 2. The first-order chi connectivity index (χ1) is 6.27. The van der Waals surface area contributed by atoms with Crippen LogP contribution in [0.1, 0.15) is 0 Å². The Kier molecular flexibility index (Phi) is 2.52. The van der Waals surface area contributed by atoms with Crippen LogP contribution in [0.5, 0.6) is 0 Å². The lowest BCUT2D eigenvalue weighted by Crippen LogP contribution is -2.20. The van der Waals surface area contributed by atoms with E-state index < -0.39 is 0 Å². The number of thioether (sulfide) groups is 1. The molecule has 1 saturated heterocycles. The lowest BCUT2D eigenvalue weighted by molar-refractivity contribution is 0.201. The highest BCUT2D eigenvalue weighted by Gasteiger charge is 2.27. The van der Waals surface area contributed by atoms with Gasteiger partial charge in [0.15, 0.2) is 5.16 Å². The lowest BCUT2D eigenvalue weighted by Gasteiger charge is -2.10. The maximum Gasteiger partial charge on any atom is 0.191 e. The van der Waals surface area contributed by atoms with Crippen molar-refractivity contribution in [1.29, 1.82) is 0 Å². The van der Waals surface area contributed by atoms with Gasteiger partial charge in [-0.05, 0) is 0 Å². The molecule has 1 aromatic heterocycles. The van der Waals surface area contributed by atoms with Crippen LogP contribution < -0.4 is 5.32 Å². The molecule has 1 fully saturated rings. The summed E-state index contributed by atoms with van der Waals surface area (Å²) in [4.78, 5) is 0. The van der Waals surface area contributed by atoms with Gasteiger partial charge in [0, 0.05) is 20.1 Å². The van der Waals surface area contributed by atoms with Crippen LogP contribution >= 0.6 is 11.8 Å². The molecule has 1 aliphatic rings. The second kappa shape index (κ2) is 3.65. The molecule has 2 rings (SSSR count). The fourth-order valence-electron chi connectivity index (χ4n) is 1.28. The Balaban J connectivity index is 2.01. The molecule has 2 heterocycles. The average molecular weight is 200 g/mol. The Hall–Kier alpha value is -0.590. The molecule has 0 unspecified atom stereocenters. The Bertz CT molecular complexity index is 290. The van der Waals surface area contributed by atoms with Crippen molar-refractivity contribution in [3.05, 3.63) is 6.33 Å². The topological polar surface area (TPSA) is 63.0 Å². The minimum Gasteiger partial charge on any atom is -0.391 e. The van der Waals surface area contributed by atoms with Crippen molar-refractivity contribution in [3.63, 3.8) is 0 Å². The third-order valence-corrected chi connectivity index (χ3v) is 3.42. The fourth-order valence-corrected chi connectivity index (χ4v) is 2.31. The van der Waals surface area contributed by atoms with Crippen molar-refractivity contribution in [3.8, 4) is 0 Å². The van der Waals surface area contributed by atoms with Gasteiger partial charge in [0.2, 0.25) is 0 Å². The van der Waals surface area contributed by atoms with Crippen LogP contribution in [-0.4, -0.2) is 44.3 Å². The van der Waals surface area contributed by atoms with Gasteiger partial charge in [-0.2, -0.15) is 0 Å². The largest absolute Gasteiger partial charge is 0.391 e. The molecule has 0 amide bonds. The van der Waals surface area contributed by atoms with Crippen molar-refractivity contribution in [1.82, 2.24) is 20.1 Å². The van der Waals surface area contributed by atoms with Gasteiger partial charge in [-0.3, -0.25) is 0 Å². The highest BCUT2D eigenvalue weighted by Crippen LogP contribution is 2.24. The van der Waals surface area contributed by atoms with E-state index in [1.807, 2.05) is 11.6 Å². The summed E-state index contributed by atoms with van der Waals surface area (Å²) < 4.78 is 1.86. The molecule has 2 atom stereocenters. The van der Waals surface area contributed by atoms with E-state index in [9.17, 15) is 5.11 Å². The summed E-state index contributed by atoms with van der Waals surface area (Å²) in [7, 11) is 1.90. The van der Waals surface area contributed by atoms with E-state index >= 15 is 0 Å². The molecule has 72 valence electrons. The van der Waals surface area contributed by atoms with Gasteiger partial charge in [0.05, 0.1) is 11.4 Å². The monoisotopic (exact) mass is 200 g/mol. The van der Waals surface area contributed by atoms with E-state index in [1.165, 1.54) is 0 Å². The second-order valence-corrected chi connectivity index (χ2v) is 4.31. The van der Waals surface area contributed by atoms with Crippen molar-refractivity contribution in [2.75, 3.05) is 13.1 Å². The third-order valence-electron chi connectivity index (χ3n) is 2.05. The lowest BCUT2D eigenvalue weighted by atomic mass is 10.3. The van der Waals surface area contributed by atoms with Gasteiger partial charge < -0.3 is 15.0 Å². The van der Waals surface area contributed by atoms with Crippen LogP contribution in [0.4, 0.5) is 0 Å². The van der Waals surface area contributed by atoms with Crippen LogP contribution in [0.2, 0.25) is 0 Å². The van der Waals surface area contributed by atoms with Gasteiger partial charge in [-0.25, -0.2) is 0 Å². The highest BCUT2D eigenvalue weighted by molar-refractivity contribution is 7.99. The molecule has 13 heavy (non-hydrogen) atoms. The quantitative estimate of drug-likeness (QED) is 0.657. The Morgan fingerprint density at radius 3 is 3.08 bits per heavy atom. The van der Waals surface area contributed by atoms with E-state index in [2.05, 4.69) is 15.5 Å². The van der Waals surface area contributed by atoms with Crippen LogP contribution in [0, 0.1) is 0 Å². The fraction of sp³-hybridized carbons (Fsp3) is 0.714. The number of aryl methyl sites for hydroxylation is 1. The van der Waals surface area contributed by atoms with Crippen molar-refractivity contribution in [2.24, 2.45) is 7.05 Å². The van der Waals surface area contributed by atoms with Gasteiger partial charge in [0.25, 0.3) is 0 Å². The number of aliphatic hydroxyl groups excluding tert-OH is 1. The molecule has 0 aliphatic carbocycles. The smallest absolute Gasteiger partial charge is 0.191 e. The number of nitrogens with one attached hydrogen (secondary N) is 1. The minimum absolute atomic E-state index is 0.197. The molecule has 0 aromatic carbocycles. The van der Waals surface area contributed by atoms with Gasteiger partial charge in [0.1, 0.15) is 6.33 Å². The molecule has 1 aromatic rings. The van der Waals surface area contributed by atoms with Gasteiger partial charge in [-0.1, -0.05) is 11.8 Å². The Morgan fingerprint density at radius 2 is 2.54 bits per heavy atom. The molecular weight excluding hydrogens is 188 g/mol. The molecule has 0 radical (unpaired) electrons. The normalized spacial score (nSPS) is 28.2. The molecule has 0 spiro atoms. The first-order valence-corrected chi connectivity index (χ1v) is 5.05. The molecule has 5 nitrogen and oxygen atoms in total. The SMILES string of the molecule is Cn1cnnc1S[C@@H]1CNC[C@H]1O. The molecule has 2 N–H and O–H groups in total. The zero-order valence-electron chi connectivity index (χ0n) is 7.34. The van der Waals surface area contributed by atoms with E-state index in [0.29, 0.717) is 6.54 Å². The standard InChI is InChI=1S/C7H12N4OS/c1-11-4-9-10-7(11)13-6-3-8-2-5(6)12/h4-6,8,12H,2-3H2,1H3/t5-,6-/m1/s1. The summed E-state index contributed by atoms with van der Waals surface area (Å²) in [6.45, 7) is 1.51. The first-order valence-electron chi connectivity index (χ1n) is 4.17. The Morgan fingerprint density at radius 1 is 1.69 bits per heavy atom. The van der Waals surface area contributed by atoms with Crippen molar-refractivity contribution >= 4 is 11.8 Å². The van der Waals surface area contributed by atoms with Crippen LogP contribution in [-0.2, 0) is 7.05 Å². The number of nitrogens with zero attached hydrogens (tertiary/aromatic N) is 3. The zero-order valence-corrected chi connectivity index (χ0v) is 8.16. The number of aromatic nitrogens is 3. The first kappa shape index (κ1) is 8.98. The summed E-state index contributed by atoms with van der Waals surface area (Å²) >= 11 is 1.57. The second-order valence-electron chi connectivity index (χ2n) is 3.11. The van der Waals surface area contributed by atoms with Crippen molar-refractivity contribution < 1.29 is 5.11 Å². The number of hydrogen-bond acceptors (Lipinski definition) is 5.